The molecule has 0 N–H and O–H groups in total. The summed E-state index contributed by atoms with van der Waals surface area (Å²) >= 11 is 3.55. The summed E-state index contributed by atoms with van der Waals surface area (Å²) < 4.78 is 7.89. The van der Waals surface area contributed by atoms with Crippen LogP contribution in [0.25, 0.3) is 10.9 Å². The fourth-order valence-electron chi connectivity index (χ4n) is 2.15. The van der Waals surface area contributed by atoms with Gasteiger partial charge in [-0.2, -0.15) is 0 Å². The van der Waals surface area contributed by atoms with Crippen LogP contribution in [-0.4, -0.2) is 17.6 Å². The van der Waals surface area contributed by atoms with E-state index in [4.69, 9.17) is 4.74 Å². The van der Waals surface area contributed by atoms with Crippen molar-refractivity contribution in [3.8, 4) is 0 Å². The first-order chi connectivity index (χ1) is 8.45. The van der Waals surface area contributed by atoms with E-state index in [2.05, 4.69) is 47.5 Å². The van der Waals surface area contributed by atoms with Crippen molar-refractivity contribution in [2.75, 3.05) is 7.11 Å². The Morgan fingerprint density at radius 1 is 1.39 bits per heavy atom. The summed E-state index contributed by atoms with van der Waals surface area (Å²) in [6, 6.07) is 4.08. The maximum atomic E-state index is 11.6. The molecule has 0 saturated heterocycles. The van der Waals surface area contributed by atoms with Crippen LogP contribution in [0.1, 0.15) is 35.8 Å². The molecule has 0 aliphatic carbocycles. The van der Waals surface area contributed by atoms with Gasteiger partial charge in [-0.25, -0.2) is 4.79 Å². The molecule has 0 aliphatic rings. The molecule has 0 atom stereocenters. The van der Waals surface area contributed by atoms with E-state index in [0.29, 0.717) is 11.6 Å². The van der Waals surface area contributed by atoms with E-state index < -0.39 is 0 Å². The number of methoxy groups -OCH3 is 1. The summed E-state index contributed by atoms with van der Waals surface area (Å²) in [4.78, 5) is 11.6. The third kappa shape index (κ3) is 2.05. The molecule has 1 aromatic carbocycles. The predicted molar refractivity (Wildman–Crippen MR) is 76.1 cm³/mol. The van der Waals surface area contributed by atoms with E-state index in [-0.39, 0.29) is 5.97 Å². The molecule has 0 saturated carbocycles. The van der Waals surface area contributed by atoms with Crippen molar-refractivity contribution in [3.63, 3.8) is 0 Å². The maximum Gasteiger partial charge on any atom is 0.337 e. The van der Waals surface area contributed by atoms with Crippen molar-refractivity contribution in [3.05, 3.63) is 33.9 Å². The minimum atomic E-state index is -0.311. The van der Waals surface area contributed by atoms with E-state index >= 15 is 0 Å². The quantitative estimate of drug-likeness (QED) is 0.783. The fourth-order valence-corrected chi connectivity index (χ4v) is 2.81. The Hall–Kier alpha value is -1.29. The topological polar surface area (TPSA) is 31.2 Å². The average Bonchev–Trinajstić information content (AvgIpc) is 2.66. The van der Waals surface area contributed by atoms with Gasteiger partial charge in [-0.1, -0.05) is 0 Å². The van der Waals surface area contributed by atoms with E-state index in [0.717, 1.165) is 20.9 Å². The summed E-state index contributed by atoms with van der Waals surface area (Å²) in [6.07, 6.45) is 2.11. The lowest BCUT2D eigenvalue weighted by atomic mass is 10.1. The summed E-state index contributed by atoms with van der Waals surface area (Å²) in [5, 5.41) is 1.08. The summed E-state index contributed by atoms with van der Waals surface area (Å²) in [7, 11) is 1.40. The van der Waals surface area contributed by atoms with Crippen molar-refractivity contribution in [2.24, 2.45) is 0 Å². The van der Waals surface area contributed by atoms with Crippen LogP contribution in [0.5, 0.6) is 0 Å². The standard InChI is InChI=1S/C14H16BrNO2/c1-8(2)16-7-9(3)11-5-10(14(17)18-4)6-12(15)13(11)16/h5-8H,1-4H3. The first kappa shape index (κ1) is 13.1. The molecule has 0 radical (unpaired) electrons. The zero-order valence-electron chi connectivity index (χ0n) is 11.0. The third-order valence-electron chi connectivity index (χ3n) is 3.06. The Balaban J connectivity index is 2.75. The van der Waals surface area contributed by atoms with Gasteiger partial charge in [0.1, 0.15) is 0 Å². The lowest BCUT2D eigenvalue weighted by Gasteiger charge is -2.11. The van der Waals surface area contributed by atoms with Crippen LogP contribution >= 0.6 is 15.9 Å². The van der Waals surface area contributed by atoms with Crippen LogP contribution in [0.4, 0.5) is 0 Å². The van der Waals surface area contributed by atoms with Crippen molar-refractivity contribution in [1.82, 2.24) is 4.57 Å². The fraction of sp³-hybridized carbons (Fsp3) is 0.357. The number of halogens is 1. The second-order valence-corrected chi connectivity index (χ2v) is 5.51. The van der Waals surface area contributed by atoms with Crippen LogP contribution < -0.4 is 0 Å². The van der Waals surface area contributed by atoms with Crippen molar-refractivity contribution >= 4 is 32.8 Å². The molecule has 4 heteroatoms. The normalized spacial score (nSPS) is 11.2. The molecule has 96 valence electrons. The Morgan fingerprint density at radius 2 is 2.06 bits per heavy atom. The number of carbonyl (C=O) groups excluding carboxylic acids is 1. The molecule has 2 aromatic rings. The van der Waals surface area contributed by atoms with Crippen LogP contribution in [0, 0.1) is 6.92 Å². The highest BCUT2D eigenvalue weighted by Gasteiger charge is 2.15. The number of carbonyl (C=O) groups is 1. The van der Waals surface area contributed by atoms with Gasteiger partial charge in [-0.15, -0.1) is 0 Å². The average molecular weight is 310 g/mol. The summed E-state index contributed by atoms with van der Waals surface area (Å²) in [5.74, 6) is -0.311. The largest absolute Gasteiger partial charge is 0.465 e. The highest BCUT2D eigenvalue weighted by molar-refractivity contribution is 9.10. The predicted octanol–water partition coefficient (Wildman–Crippen LogP) is 4.08. The Morgan fingerprint density at radius 3 is 2.61 bits per heavy atom. The molecular weight excluding hydrogens is 294 g/mol. The molecular formula is C14H16BrNO2. The monoisotopic (exact) mass is 309 g/mol. The minimum Gasteiger partial charge on any atom is -0.465 e. The lowest BCUT2D eigenvalue weighted by molar-refractivity contribution is 0.0601. The van der Waals surface area contributed by atoms with E-state index in [9.17, 15) is 4.79 Å². The van der Waals surface area contributed by atoms with E-state index in [1.54, 1.807) is 0 Å². The molecule has 0 fully saturated rings. The van der Waals surface area contributed by atoms with Crippen molar-refractivity contribution in [2.45, 2.75) is 26.8 Å². The second kappa shape index (κ2) is 4.76. The number of hydrogen-bond acceptors (Lipinski definition) is 2. The Labute approximate surface area is 115 Å². The van der Waals surface area contributed by atoms with Gasteiger partial charge < -0.3 is 9.30 Å². The van der Waals surface area contributed by atoms with Gasteiger partial charge in [0.25, 0.3) is 0 Å². The number of fused-ring (bicyclic) bond motifs is 1. The molecule has 0 unspecified atom stereocenters. The number of benzene rings is 1. The van der Waals surface area contributed by atoms with E-state index in [1.807, 2.05) is 12.1 Å². The molecule has 2 rings (SSSR count). The molecule has 0 aliphatic heterocycles. The number of rotatable bonds is 2. The second-order valence-electron chi connectivity index (χ2n) is 4.66. The number of hydrogen-bond donors (Lipinski definition) is 0. The lowest BCUT2D eigenvalue weighted by Crippen LogP contribution is -2.02. The number of aromatic nitrogens is 1. The highest BCUT2D eigenvalue weighted by atomic mass is 79.9. The van der Waals surface area contributed by atoms with Gasteiger partial charge in [-0.05, 0) is 54.4 Å². The number of nitrogens with zero attached hydrogens (tertiary/aromatic N) is 1. The molecule has 0 amide bonds. The van der Waals surface area contributed by atoms with Gasteiger partial charge in [0.2, 0.25) is 0 Å². The molecule has 18 heavy (non-hydrogen) atoms. The van der Waals surface area contributed by atoms with Gasteiger partial charge >= 0.3 is 5.97 Å². The van der Waals surface area contributed by atoms with Gasteiger partial charge in [-0.3, -0.25) is 0 Å². The van der Waals surface area contributed by atoms with Gasteiger partial charge in [0.15, 0.2) is 0 Å². The summed E-state index contributed by atoms with van der Waals surface area (Å²) in [5.41, 5.74) is 2.85. The molecule has 1 heterocycles. The zero-order chi connectivity index (χ0) is 13.4. The number of aryl methyl sites for hydroxylation is 1. The van der Waals surface area contributed by atoms with Crippen LogP contribution in [0.3, 0.4) is 0 Å². The van der Waals surface area contributed by atoms with Crippen LogP contribution in [0.2, 0.25) is 0 Å². The summed E-state index contributed by atoms with van der Waals surface area (Å²) in [6.45, 7) is 6.33. The highest BCUT2D eigenvalue weighted by Crippen LogP contribution is 2.32. The first-order valence-electron chi connectivity index (χ1n) is 5.84. The molecule has 1 aromatic heterocycles. The van der Waals surface area contributed by atoms with Crippen molar-refractivity contribution < 1.29 is 9.53 Å². The number of ether oxygens (including phenoxy) is 1. The van der Waals surface area contributed by atoms with Gasteiger partial charge in [0, 0.05) is 22.1 Å². The maximum absolute atomic E-state index is 11.6. The molecule has 0 spiro atoms. The van der Waals surface area contributed by atoms with Crippen LogP contribution in [-0.2, 0) is 4.74 Å². The van der Waals surface area contributed by atoms with E-state index in [1.165, 1.54) is 7.11 Å². The SMILES string of the molecule is COC(=O)c1cc(Br)c2c(c1)c(C)cn2C(C)C. The van der Waals surface area contributed by atoms with Gasteiger partial charge in [0.05, 0.1) is 18.2 Å². The van der Waals surface area contributed by atoms with Crippen LogP contribution in [0.15, 0.2) is 22.8 Å². The third-order valence-corrected chi connectivity index (χ3v) is 3.66. The molecule has 3 nitrogen and oxygen atoms in total. The zero-order valence-corrected chi connectivity index (χ0v) is 12.5. The molecule has 0 bridgehead atoms. The number of esters is 1. The Bertz CT molecular complexity index is 614. The van der Waals surface area contributed by atoms with Crippen molar-refractivity contribution in [1.29, 1.82) is 0 Å². The first-order valence-corrected chi connectivity index (χ1v) is 6.64. The smallest absolute Gasteiger partial charge is 0.337 e. The Kier molecular flexibility index (Phi) is 3.48. The minimum absolute atomic E-state index is 0.311.